The predicted octanol–water partition coefficient (Wildman–Crippen LogP) is 1.22. The molecule has 0 aliphatic rings. The molecule has 16 heavy (non-hydrogen) atoms. The second kappa shape index (κ2) is 4.99. The lowest BCUT2D eigenvalue weighted by Gasteiger charge is -2.22. The van der Waals surface area contributed by atoms with Gasteiger partial charge in [0.1, 0.15) is 11.3 Å². The molecule has 0 fully saturated rings. The summed E-state index contributed by atoms with van der Waals surface area (Å²) in [6.07, 6.45) is 0.381. The number of carbonyl (C=O) groups excluding carboxylic acids is 1. The maximum atomic E-state index is 11.5. The molecule has 0 unspecified atom stereocenters. The number of carbonyl (C=O) groups is 1. The Labute approximate surface area is 95.0 Å². The van der Waals surface area contributed by atoms with Crippen LogP contribution < -0.4 is 5.73 Å². The molecule has 3 N–H and O–H groups in total. The molecule has 0 aliphatic heterocycles. The van der Waals surface area contributed by atoms with Crippen LogP contribution in [0.4, 0.5) is 0 Å². The van der Waals surface area contributed by atoms with E-state index in [1.165, 1.54) is 0 Å². The van der Waals surface area contributed by atoms with Gasteiger partial charge in [0, 0.05) is 6.42 Å². The zero-order valence-electron chi connectivity index (χ0n) is 9.56. The fourth-order valence-electron chi connectivity index (χ4n) is 1.41. The second-order valence-corrected chi connectivity index (χ2v) is 3.98. The summed E-state index contributed by atoms with van der Waals surface area (Å²) in [7, 11) is 0. The van der Waals surface area contributed by atoms with E-state index in [0.29, 0.717) is 13.0 Å². The lowest BCUT2D eigenvalue weighted by Crippen LogP contribution is -2.48. The molecule has 1 rings (SSSR count). The second-order valence-electron chi connectivity index (χ2n) is 3.98. The van der Waals surface area contributed by atoms with Crippen LogP contribution in [0.15, 0.2) is 24.3 Å². The van der Waals surface area contributed by atoms with Gasteiger partial charge in [0.2, 0.25) is 0 Å². The van der Waals surface area contributed by atoms with E-state index in [-0.39, 0.29) is 5.75 Å². The number of nitrogens with two attached hydrogens (primary N) is 1. The number of rotatable bonds is 4. The highest BCUT2D eigenvalue weighted by atomic mass is 16.5. The van der Waals surface area contributed by atoms with Crippen LogP contribution in [0.2, 0.25) is 0 Å². The number of aromatic hydroxyl groups is 1. The minimum atomic E-state index is -1.03. The van der Waals surface area contributed by atoms with Gasteiger partial charge in [-0.25, -0.2) is 0 Å². The number of benzene rings is 1. The van der Waals surface area contributed by atoms with Crippen molar-refractivity contribution in [3.8, 4) is 5.75 Å². The highest BCUT2D eigenvalue weighted by Gasteiger charge is 2.29. The lowest BCUT2D eigenvalue weighted by molar-refractivity contribution is -0.148. The van der Waals surface area contributed by atoms with E-state index < -0.39 is 11.5 Å². The molecule has 0 saturated carbocycles. The van der Waals surface area contributed by atoms with E-state index in [4.69, 9.17) is 15.6 Å². The number of ether oxygens (including phenoxy) is 1. The zero-order valence-corrected chi connectivity index (χ0v) is 9.56. The maximum absolute atomic E-state index is 11.5. The summed E-state index contributed by atoms with van der Waals surface area (Å²) >= 11 is 0. The Morgan fingerprint density at radius 2 is 2.00 bits per heavy atom. The van der Waals surface area contributed by atoms with Crippen LogP contribution in [0.3, 0.4) is 0 Å². The number of phenolic OH excluding ortho intramolecular Hbond substituents is 1. The van der Waals surface area contributed by atoms with E-state index in [2.05, 4.69) is 0 Å². The average molecular weight is 223 g/mol. The Balaban J connectivity index is 2.72. The van der Waals surface area contributed by atoms with Crippen LogP contribution in [0.5, 0.6) is 5.75 Å². The lowest BCUT2D eigenvalue weighted by atomic mass is 9.94. The molecule has 4 heteroatoms. The molecule has 0 amide bonds. The molecule has 1 atom stereocenters. The van der Waals surface area contributed by atoms with Crippen LogP contribution in [0.1, 0.15) is 19.4 Å². The van der Waals surface area contributed by atoms with E-state index >= 15 is 0 Å². The third-order valence-electron chi connectivity index (χ3n) is 2.25. The van der Waals surface area contributed by atoms with Gasteiger partial charge in [0.05, 0.1) is 6.61 Å². The Morgan fingerprint density at radius 3 is 2.50 bits per heavy atom. The zero-order chi connectivity index (χ0) is 12.2. The van der Waals surface area contributed by atoms with Gasteiger partial charge in [-0.1, -0.05) is 12.1 Å². The van der Waals surface area contributed by atoms with Crippen molar-refractivity contribution in [2.75, 3.05) is 6.61 Å². The van der Waals surface area contributed by atoms with Gasteiger partial charge >= 0.3 is 5.97 Å². The first-order chi connectivity index (χ1) is 7.45. The van der Waals surface area contributed by atoms with Gasteiger partial charge in [-0.2, -0.15) is 0 Å². The Kier molecular flexibility index (Phi) is 3.90. The summed E-state index contributed by atoms with van der Waals surface area (Å²) in [6.45, 7) is 3.70. The largest absolute Gasteiger partial charge is 0.508 e. The topological polar surface area (TPSA) is 72.5 Å². The first kappa shape index (κ1) is 12.5. The van der Waals surface area contributed by atoms with Crippen molar-refractivity contribution in [2.45, 2.75) is 25.8 Å². The van der Waals surface area contributed by atoms with Crippen molar-refractivity contribution in [1.29, 1.82) is 0 Å². The van der Waals surface area contributed by atoms with Gasteiger partial charge in [0.15, 0.2) is 0 Å². The van der Waals surface area contributed by atoms with Gasteiger partial charge in [-0.15, -0.1) is 0 Å². The molecule has 0 aliphatic carbocycles. The van der Waals surface area contributed by atoms with E-state index in [9.17, 15) is 4.79 Å². The molecule has 88 valence electrons. The van der Waals surface area contributed by atoms with Crippen molar-refractivity contribution in [1.82, 2.24) is 0 Å². The summed E-state index contributed by atoms with van der Waals surface area (Å²) in [6, 6.07) is 6.60. The van der Waals surface area contributed by atoms with Crippen molar-refractivity contribution < 1.29 is 14.6 Å². The molecule has 0 spiro atoms. The van der Waals surface area contributed by atoms with E-state index in [1.807, 2.05) is 0 Å². The standard InChI is InChI=1S/C12H17NO3/c1-3-16-11(15)12(2,13)8-9-4-6-10(14)7-5-9/h4-7,14H,3,8,13H2,1-2H3/t12-/m0/s1. The van der Waals surface area contributed by atoms with Crippen LogP contribution in [-0.4, -0.2) is 23.2 Å². The minimum Gasteiger partial charge on any atom is -0.508 e. The van der Waals surface area contributed by atoms with Gasteiger partial charge in [-0.05, 0) is 31.5 Å². The molecule has 0 aromatic heterocycles. The number of esters is 1. The molecule has 0 heterocycles. The Morgan fingerprint density at radius 1 is 1.44 bits per heavy atom. The van der Waals surface area contributed by atoms with Crippen molar-refractivity contribution >= 4 is 5.97 Å². The highest BCUT2D eigenvalue weighted by molar-refractivity contribution is 5.80. The summed E-state index contributed by atoms with van der Waals surface area (Å²) in [5, 5.41) is 9.13. The van der Waals surface area contributed by atoms with Gasteiger partial charge in [0.25, 0.3) is 0 Å². The van der Waals surface area contributed by atoms with E-state index in [0.717, 1.165) is 5.56 Å². The summed E-state index contributed by atoms with van der Waals surface area (Å²) in [5.74, 6) is -0.221. The van der Waals surface area contributed by atoms with Gasteiger partial charge in [-0.3, -0.25) is 4.79 Å². The fraction of sp³-hybridized carbons (Fsp3) is 0.417. The monoisotopic (exact) mass is 223 g/mol. The van der Waals surface area contributed by atoms with Crippen LogP contribution in [-0.2, 0) is 16.0 Å². The summed E-state index contributed by atoms with van der Waals surface area (Å²) in [5.41, 5.74) is 5.73. The molecule has 0 saturated heterocycles. The van der Waals surface area contributed by atoms with Gasteiger partial charge < -0.3 is 15.6 Å². The van der Waals surface area contributed by atoms with Crippen molar-refractivity contribution in [2.24, 2.45) is 5.73 Å². The molecule has 4 nitrogen and oxygen atoms in total. The minimum absolute atomic E-state index is 0.193. The SMILES string of the molecule is CCOC(=O)[C@@](C)(N)Cc1ccc(O)cc1. The summed E-state index contributed by atoms with van der Waals surface area (Å²) in [4.78, 5) is 11.5. The summed E-state index contributed by atoms with van der Waals surface area (Å²) < 4.78 is 4.89. The normalized spacial score (nSPS) is 14.2. The highest BCUT2D eigenvalue weighted by Crippen LogP contribution is 2.15. The molecule has 0 bridgehead atoms. The Hall–Kier alpha value is -1.55. The van der Waals surface area contributed by atoms with Crippen LogP contribution >= 0.6 is 0 Å². The van der Waals surface area contributed by atoms with Crippen molar-refractivity contribution in [3.63, 3.8) is 0 Å². The number of phenols is 1. The van der Waals surface area contributed by atoms with Crippen LogP contribution in [0.25, 0.3) is 0 Å². The van der Waals surface area contributed by atoms with Crippen LogP contribution in [0, 0.1) is 0 Å². The number of hydrogen-bond acceptors (Lipinski definition) is 4. The van der Waals surface area contributed by atoms with E-state index in [1.54, 1.807) is 38.1 Å². The quantitative estimate of drug-likeness (QED) is 0.753. The molecule has 0 radical (unpaired) electrons. The first-order valence-electron chi connectivity index (χ1n) is 5.19. The molecule has 1 aromatic rings. The first-order valence-corrected chi connectivity index (χ1v) is 5.19. The third-order valence-corrected chi connectivity index (χ3v) is 2.25. The molecule has 1 aromatic carbocycles. The molecular weight excluding hydrogens is 206 g/mol. The van der Waals surface area contributed by atoms with Crippen molar-refractivity contribution in [3.05, 3.63) is 29.8 Å². The average Bonchev–Trinajstić information content (AvgIpc) is 2.21. The molecular formula is C12H17NO3. The maximum Gasteiger partial charge on any atom is 0.326 e. The Bertz CT molecular complexity index is 357. The number of hydrogen-bond donors (Lipinski definition) is 2. The smallest absolute Gasteiger partial charge is 0.326 e. The fourth-order valence-corrected chi connectivity index (χ4v) is 1.41. The predicted molar refractivity (Wildman–Crippen MR) is 61.0 cm³/mol. The third kappa shape index (κ3) is 3.24.